The van der Waals surface area contributed by atoms with Crippen LogP contribution in [0.4, 0.5) is 0 Å². The lowest BCUT2D eigenvalue weighted by atomic mass is 9.94. The van der Waals surface area contributed by atoms with Crippen molar-refractivity contribution >= 4 is 0 Å². The molecule has 0 saturated carbocycles. The van der Waals surface area contributed by atoms with Crippen LogP contribution in [0.25, 0.3) is 0 Å². The second-order valence-corrected chi connectivity index (χ2v) is 4.61. The van der Waals surface area contributed by atoms with E-state index in [-0.39, 0.29) is 6.04 Å². The van der Waals surface area contributed by atoms with E-state index < -0.39 is 0 Å². The lowest BCUT2D eigenvalue weighted by molar-refractivity contribution is 0.149. The molecule has 5 heteroatoms. The largest absolute Gasteiger partial charge is 0.424 e. The summed E-state index contributed by atoms with van der Waals surface area (Å²) in [7, 11) is 0. The summed E-state index contributed by atoms with van der Waals surface area (Å²) in [6.07, 6.45) is 1.94. The number of piperidine rings is 1. The normalized spacial score (nSPS) is 27.2. The molecule has 1 fully saturated rings. The van der Waals surface area contributed by atoms with Gasteiger partial charge in [0.05, 0.1) is 6.54 Å². The van der Waals surface area contributed by atoms with Gasteiger partial charge < -0.3 is 10.2 Å². The first-order valence-corrected chi connectivity index (χ1v) is 5.98. The Bertz CT molecular complexity index is 338. The Morgan fingerprint density at radius 3 is 2.81 bits per heavy atom. The van der Waals surface area contributed by atoms with Crippen LogP contribution in [-0.2, 0) is 13.0 Å². The molecule has 2 unspecified atom stereocenters. The molecule has 1 aromatic heterocycles. The van der Waals surface area contributed by atoms with Crippen molar-refractivity contribution in [2.75, 3.05) is 13.1 Å². The van der Waals surface area contributed by atoms with Crippen molar-refractivity contribution in [3.63, 3.8) is 0 Å². The summed E-state index contributed by atoms with van der Waals surface area (Å²) in [5.74, 6) is 2.04. The summed E-state index contributed by atoms with van der Waals surface area (Å²) in [6.45, 7) is 6.94. The van der Waals surface area contributed by atoms with Crippen molar-refractivity contribution in [1.29, 1.82) is 0 Å². The molecule has 90 valence electrons. The van der Waals surface area contributed by atoms with E-state index in [1.54, 1.807) is 0 Å². The highest BCUT2D eigenvalue weighted by Gasteiger charge is 2.24. The van der Waals surface area contributed by atoms with E-state index in [9.17, 15) is 0 Å². The molecular weight excluding hydrogens is 204 g/mol. The fraction of sp³-hybridized carbons (Fsp3) is 0.818. The average molecular weight is 224 g/mol. The summed E-state index contributed by atoms with van der Waals surface area (Å²) in [6, 6.07) is 0.266. The number of hydrogen-bond donors (Lipinski definition) is 1. The Hall–Kier alpha value is -0.940. The highest BCUT2D eigenvalue weighted by Crippen LogP contribution is 2.17. The summed E-state index contributed by atoms with van der Waals surface area (Å²) in [5, 5.41) is 7.99. The molecule has 1 aliphatic rings. The third kappa shape index (κ3) is 2.59. The summed E-state index contributed by atoms with van der Waals surface area (Å²) in [4.78, 5) is 2.29. The molecule has 5 nitrogen and oxygen atoms in total. The first-order chi connectivity index (χ1) is 7.69. The van der Waals surface area contributed by atoms with Crippen molar-refractivity contribution in [3.05, 3.63) is 11.8 Å². The van der Waals surface area contributed by atoms with Crippen LogP contribution in [0.5, 0.6) is 0 Å². The minimum atomic E-state index is 0.266. The summed E-state index contributed by atoms with van der Waals surface area (Å²) in [5.41, 5.74) is 6.05. The van der Waals surface area contributed by atoms with E-state index in [1.165, 1.54) is 0 Å². The van der Waals surface area contributed by atoms with E-state index in [0.29, 0.717) is 17.7 Å². The van der Waals surface area contributed by atoms with Gasteiger partial charge in [0.25, 0.3) is 0 Å². The van der Waals surface area contributed by atoms with Crippen LogP contribution in [-0.4, -0.2) is 34.2 Å². The Morgan fingerprint density at radius 1 is 1.44 bits per heavy atom. The zero-order chi connectivity index (χ0) is 11.5. The third-order valence-corrected chi connectivity index (χ3v) is 3.27. The van der Waals surface area contributed by atoms with E-state index >= 15 is 0 Å². The number of likely N-dealkylation sites (tertiary alicyclic amines) is 1. The SMILES string of the molecule is CCc1nnc(CN2CCC(C)C(N)C2)o1. The molecular formula is C11H20N4O. The Labute approximate surface area is 96.0 Å². The lowest BCUT2D eigenvalue weighted by Crippen LogP contribution is -2.47. The van der Waals surface area contributed by atoms with Crippen molar-refractivity contribution in [1.82, 2.24) is 15.1 Å². The maximum atomic E-state index is 6.05. The van der Waals surface area contributed by atoms with Crippen LogP contribution in [0.3, 0.4) is 0 Å². The lowest BCUT2D eigenvalue weighted by Gasteiger charge is -2.34. The van der Waals surface area contributed by atoms with E-state index in [0.717, 1.165) is 32.5 Å². The van der Waals surface area contributed by atoms with Gasteiger partial charge in [0.15, 0.2) is 0 Å². The van der Waals surface area contributed by atoms with E-state index in [1.807, 2.05) is 6.92 Å². The average Bonchev–Trinajstić information content (AvgIpc) is 2.71. The van der Waals surface area contributed by atoms with Crippen LogP contribution >= 0.6 is 0 Å². The van der Waals surface area contributed by atoms with Gasteiger partial charge in [-0.3, -0.25) is 4.90 Å². The highest BCUT2D eigenvalue weighted by atomic mass is 16.4. The first kappa shape index (κ1) is 11.5. The van der Waals surface area contributed by atoms with Crippen LogP contribution in [0.2, 0.25) is 0 Å². The third-order valence-electron chi connectivity index (χ3n) is 3.27. The van der Waals surface area contributed by atoms with Crippen LogP contribution in [0.15, 0.2) is 4.42 Å². The number of aryl methyl sites for hydroxylation is 1. The molecule has 0 aliphatic carbocycles. The van der Waals surface area contributed by atoms with Crippen molar-refractivity contribution in [2.45, 2.75) is 39.3 Å². The van der Waals surface area contributed by atoms with Gasteiger partial charge >= 0.3 is 0 Å². The molecule has 2 heterocycles. The zero-order valence-corrected chi connectivity index (χ0v) is 10.0. The summed E-state index contributed by atoms with van der Waals surface area (Å²) < 4.78 is 5.49. The monoisotopic (exact) mass is 224 g/mol. The van der Waals surface area contributed by atoms with Crippen molar-refractivity contribution in [2.24, 2.45) is 11.7 Å². The molecule has 1 saturated heterocycles. The second kappa shape index (κ2) is 4.93. The van der Waals surface area contributed by atoms with Gasteiger partial charge in [-0.1, -0.05) is 13.8 Å². The number of nitrogens with two attached hydrogens (primary N) is 1. The number of nitrogens with zero attached hydrogens (tertiary/aromatic N) is 3. The van der Waals surface area contributed by atoms with Gasteiger partial charge in [-0.15, -0.1) is 10.2 Å². The molecule has 0 spiro atoms. The Morgan fingerprint density at radius 2 is 2.19 bits per heavy atom. The standard InChI is InChI=1S/C11H20N4O/c1-3-10-13-14-11(16-10)7-15-5-4-8(2)9(12)6-15/h8-9H,3-7,12H2,1-2H3. The number of rotatable bonds is 3. The van der Waals surface area contributed by atoms with Crippen LogP contribution < -0.4 is 5.73 Å². The van der Waals surface area contributed by atoms with E-state index in [4.69, 9.17) is 10.2 Å². The summed E-state index contributed by atoms with van der Waals surface area (Å²) >= 11 is 0. The number of hydrogen-bond acceptors (Lipinski definition) is 5. The van der Waals surface area contributed by atoms with Gasteiger partial charge in [-0.2, -0.15) is 0 Å². The van der Waals surface area contributed by atoms with E-state index in [2.05, 4.69) is 22.0 Å². The molecule has 1 aliphatic heterocycles. The van der Waals surface area contributed by atoms with Crippen LogP contribution in [0, 0.1) is 5.92 Å². The first-order valence-electron chi connectivity index (χ1n) is 5.98. The molecule has 0 aromatic carbocycles. The zero-order valence-electron chi connectivity index (χ0n) is 10.0. The minimum absolute atomic E-state index is 0.266. The minimum Gasteiger partial charge on any atom is -0.424 e. The molecule has 2 N–H and O–H groups in total. The highest BCUT2D eigenvalue weighted by molar-refractivity contribution is 4.85. The number of aromatic nitrogens is 2. The molecule has 16 heavy (non-hydrogen) atoms. The molecule has 2 atom stereocenters. The molecule has 2 rings (SSSR count). The molecule has 0 amide bonds. The predicted molar refractivity (Wildman–Crippen MR) is 60.7 cm³/mol. The quantitative estimate of drug-likeness (QED) is 0.822. The van der Waals surface area contributed by atoms with Crippen molar-refractivity contribution < 1.29 is 4.42 Å². The molecule has 0 bridgehead atoms. The van der Waals surface area contributed by atoms with Gasteiger partial charge in [0.2, 0.25) is 11.8 Å². The maximum absolute atomic E-state index is 6.05. The van der Waals surface area contributed by atoms with Gasteiger partial charge in [-0.25, -0.2) is 0 Å². The Kier molecular flexibility index (Phi) is 3.56. The van der Waals surface area contributed by atoms with Gasteiger partial charge in [0, 0.05) is 19.0 Å². The fourth-order valence-electron chi connectivity index (χ4n) is 2.00. The molecule has 0 radical (unpaired) electrons. The predicted octanol–water partition coefficient (Wildman–Crippen LogP) is 0.801. The second-order valence-electron chi connectivity index (χ2n) is 4.61. The fourth-order valence-corrected chi connectivity index (χ4v) is 2.00. The van der Waals surface area contributed by atoms with Crippen LogP contribution in [0.1, 0.15) is 32.0 Å². The molecule has 1 aromatic rings. The smallest absolute Gasteiger partial charge is 0.230 e. The van der Waals surface area contributed by atoms with Crippen molar-refractivity contribution in [3.8, 4) is 0 Å². The topological polar surface area (TPSA) is 68.2 Å². The van der Waals surface area contributed by atoms with Gasteiger partial charge in [-0.05, 0) is 18.9 Å². The Balaban J connectivity index is 1.90. The maximum Gasteiger partial charge on any atom is 0.230 e. The van der Waals surface area contributed by atoms with Gasteiger partial charge in [0.1, 0.15) is 0 Å².